The van der Waals surface area contributed by atoms with Gasteiger partial charge in [-0.15, -0.1) is 11.3 Å². The largest absolute Gasteiger partial charge is 0.356 e. The molecule has 1 aliphatic carbocycles. The summed E-state index contributed by atoms with van der Waals surface area (Å²) in [4.78, 5) is 16.1. The number of fused-ring (bicyclic) bond motifs is 3. The maximum absolute atomic E-state index is 13.5. The van der Waals surface area contributed by atoms with Crippen LogP contribution in [0.5, 0.6) is 0 Å². The van der Waals surface area contributed by atoms with Crippen molar-refractivity contribution in [2.75, 3.05) is 5.32 Å². The van der Waals surface area contributed by atoms with Crippen molar-refractivity contribution in [2.24, 2.45) is 13.0 Å². The van der Waals surface area contributed by atoms with Gasteiger partial charge in [0.05, 0.1) is 5.39 Å². The summed E-state index contributed by atoms with van der Waals surface area (Å²) in [5.74, 6) is 2.12. The van der Waals surface area contributed by atoms with Crippen molar-refractivity contribution in [3.05, 3.63) is 70.6 Å². The molecule has 4 aromatic rings. The van der Waals surface area contributed by atoms with Crippen molar-refractivity contribution >= 4 is 27.4 Å². The average molecular weight is 408 g/mol. The zero-order valence-electron chi connectivity index (χ0n) is 16.4. The Morgan fingerprint density at radius 2 is 2.03 bits per heavy atom. The highest BCUT2D eigenvalue weighted by atomic mass is 32.1. The molecule has 7 heteroatoms. The predicted molar refractivity (Wildman–Crippen MR) is 114 cm³/mol. The van der Waals surface area contributed by atoms with E-state index in [1.165, 1.54) is 29.0 Å². The van der Waals surface area contributed by atoms with Gasteiger partial charge in [0.15, 0.2) is 0 Å². The Morgan fingerprint density at radius 3 is 2.79 bits per heavy atom. The number of anilines is 1. The lowest BCUT2D eigenvalue weighted by atomic mass is 9.89. The molecule has 2 atom stereocenters. The SMILES string of the molecule is CC1CCc2c(sc3ncnc(NC(c4ccc(F)cc4)c4nccn4C)c23)C1. The molecule has 1 aliphatic rings. The molecular formula is C22H22FN5S. The molecule has 0 spiro atoms. The summed E-state index contributed by atoms with van der Waals surface area (Å²) in [6.45, 7) is 2.31. The Hall–Kier alpha value is -2.80. The molecule has 2 unspecified atom stereocenters. The van der Waals surface area contributed by atoms with Gasteiger partial charge in [0, 0.05) is 24.3 Å². The number of halogens is 1. The predicted octanol–water partition coefficient (Wildman–Crippen LogP) is 4.89. The number of nitrogens with one attached hydrogen (secondary N) is 1. The van der Waals surface area contributed by atoms with Crippen molar-refractivity contribution in [1.29, 1.82) is 0 Å². The second kappa shape index (κ2) is 7.22. The molecular weight excluding hydrogens is 385 g/mol. The number of hydrogen-bond acceptors (Lipinski definition) is 5. The Kier molecular flexibility index (Phi) is 4.54. The number of aryl methyl sites for hydroxylation is 2. The first kappa shape index (κ1) is 18.2. The van der Waals surface area contributed by atoms with Crippen LogP contribution in [0.15, 0.2) is 43.0 Å². The van der Waals surface area contributed by atoms with Crippen LogP contribution in [0.3, 0.4) is 0 Å². The van der Waals surface area contributed by atoms with Crippen molar-refractivity contribution in [3.8, 4) is 0 Å². The van der Waals surface area contributed by atoms with Crippen LogP contribution in [0.25, 0.3) is 10.2 Å². The van der Waals surface area contributed by atoms with Crippen LogP contribution >= 0.6 is 11.3 Å². The highest BCUT2D eigenvalue weighted by Crippen LogP contribution is 2.40. The molecule has 3 heterocycles. The number of aromatic nitrogens is 4. The molecule has 29 heavy (non-hydrogen) atoms. The highest BCUT2D eigenvalue weighted by molar-refractivity contribution is 7.19. The number of thiophene rings is 1. The lowest BCUT2D eigenvalue weighted by Gasteiger charge is -2.21. The quantitative estimate of drug-likeness (QED) is 0.523. The fraction of sp³-hybridized carbons (Fsp3) is 0.318. The van der Waals surface area contributed by atoms with Gasteiger partial charge < -0.3 is 9.88 Å². The zero-order valence-corrected chi connectivity index (χ0v) is 17.2. The Labute approximate surface area is 172 Å². The number of nitrogens with zero attached hydrogens (tertiary/aromatic N) is 4. The second-order valence-electron chi connectivity index (χ2n) is 7.78. The molecule has 148 valence electrons. The molecule has 0 radical (unpaired) electrons. The summed E-state index contributed by atoms with van der Waals surface area (Å²) >= 11 is 1.78. The van der Waals surface area contributed by atoms with E-state index in [0.717, 1.165) is 40.3 Å². The molecule has 1 N–H and O–H groups in total. The Morgan fingerprint density at radius 1 is 1.21 bits per heavy atom. The molecule has 0 fully saturated rings. The number of rotatable bonds is 4. The molecule has 3 aromatic heterocycles. The molecule has 0 bridgehead atoms. The second-order valence-corrected chi connectivity index (χ2v) is 8.86. The average Bonchev–Trinajstić information content (AvgIpc) is 3.30. The first-order valence-corrected chi connectivity index (χ1v) is 10.7. The topological polar surface area (TPSA) is 55.6 Å². The molecule has 5 rings (SSSR count). The summed E-state index contributed by atoms with van der Waals surface area (Å²) in [5, 5.41) is 4.72. The summed E-state index contributed by atoms with van der Waals surface area (Å²) in [6, 6.07) is 6.31. The van der Waals surface area contributed by atoms with Gasteiger partial charge in [-0.3, -0.25) is 0 Å². The molecule has 0 amide bonds. The summed E-state index contributed by atoms with van der Waals surface area (Å²) in [5.41, 5.74) is 2.31. The van der Waals surface area contributed by atoms with E-state index in [4.69, 9.17) is 0 Å². The Balaban J connectivity index is 1.61. The smallest absolute Gasteiger partial charge is 0.139 e. The van der Waals surface area contributed by atoms with Crippen molar-refractivity contribution in [1.82, 2.24) is 19.5 Å². The molecule has 0 saturated carbocycles. The molecule has 0 aliphatic heterocycles. The van der Waals surface area contributed by atoms with E-state index in [0.29, 0.717) is 5.92 Å². The van der Waals surface area contributed by atoms with Crippen LogP contribution in [0.2, 0.25) is 0 Å². The number of benzene rings is 1. The third-order valence-electron chi connectivity index (χ3n) is 5.69. The fourth-order valence-corrected chi connectivity index (χ4v) is 5.48. The van der Waals surface area contributed by atoms with Crippen molar-refractivity contribution < 1.29 is 4.39 Å². The van der Waals surface area contributed by atoms with Crippen molar-refractivity contribution in [3.63, 3.8) is 0 Å². The van der Waals surface area contributed by atoms with Crippen LogP contribution in [0.1, 0.15) is 41.2 Å². The zero-order chi connectivity index (χ0) is 20.0. The normalized spacial score (nSPS) is 17.3. The molecule has 1 aromatic carbocycles. The fourth-order valence-electron chi connectivity index (χ4n) is 4.13. The van der Waals surface area contributed by atoms with Gasteiger partial charge in [0.1, 0.15) is 34.7 Å². The van der Waals surface area contributed by atoms with Gasteiger partial charge in [0.2, 0.25) is 0 Å². The molecule has 5 nitrogen and oxygen atoms in total. The highest BCUT2D eigenvalue weighted by Gasteiger charge is 2.25. The third kappa shape index (κ3) is 3.29. The van der Waals surface area contributed by atoms with E-state index >= 15 is 0 Å². The van der Waals surface area contributed by atoms with E-state index in [9.17, 15) is 4.39 Å². The molecule has 0 saturated heterocycles. The number of hydrogen-bond donors (Lipinski definition) is 1. The van der Waals surface area contributed by atoms with Gasteiger partial charge >= 0.3 is 0 Å². The van der Waals surface area contributed by atoms with Crippen LogP contribution in [0.4, 0.5) is 10.2 Å². The van der Waals surface area contributed by atoms with Gasteiger partial charge in [0.25, 0.3) is 0 Å². The third-order valence-corrected chi connectivity index (χ3v) is 6.86. The van der Waals surface area contributed by atoms with Crippen molar-refractivity contribution in [2.45, 2.75) is 32.2 Å². The van der Waals surface area contributed by atoms with Crippen LogP contribution < -0.4 is 5.32 Å². The van der Waals surface area contributed by atoms with E-state index in [1.807, 2.05) is 17.8 Å². The first-order valence-electron chi connectivity index (χ1n) is 9.84. The van der Waals surface area contributed by atoms with Crippen LogP contribution in [-0.4, -0.2) is 19.5 Å². The van der Waals surface area contributed by atoms with Gasteiger partial charge in [-0.05, 0) is 48.4 Å². The van der Waals surface area contributed by atoms with Gasteiger partial charge in [-0.25, -0.2) is 19.3 Å². The maximum Gasteiger partial charge on any atom is 0.139 e. The summed E-state index contributed by atoms with van der Waals surface area (Å²) in [6.07, 6.45) is 8.66. The van der Waals surface area contributed by atoms with E-state index in [-0.39, 0.29) is 11.9 Å². The van der Waals surface area contributed by atoms with Crippen LogP contribution in [0, 0.1) is 11.7 Å². The first-order chi connectivity index (χ1) is 14.1. The maximum atomic E-state index is 13.5. The minimum Gasteiger partial charge on any atom is -0.356 e. The van der Waals surface area contributed by atoms with Gasteiger partial charge in [-0.1, -0.05) is 19.1 Å². The van der Waals surface area contributed by atoms with Crippen LogP contribution in [-0.2, 0) is 19.9 Å². The summed E-state index contributed by atoms with van der Waals surface area (Å²) in [7, 11) is 1.96. The standard InChI is InChI=1S/C22H22FN5S/c1-13-3-8-16-17(11-13)29-22-18(16)20(25-12-26-22)27-19(21-24-9-10-28(21)2)14-4-6-15(23)7-5-14/h4-7,9-10,12-13,19H,3,8,11H2,1-2H3,(H,25,26,27). The van der Waals surface area contributed by atoms with E-state index in [1.54, 1.807) is 36.0 Å². The van der Waals surface area contributed by atoms with E-state index < -0.39 is 0 Å². The lowest BCUT2D eigenvalue weighted by molar-refractivity contribution is 0.509. The number of imidazole rings is 1. The minimum atomic E-state index is -0.252. The Bertz CT molecular complexity index is 1160. The minimum absolute atomic E-state index is 0.244. The lowest BCUT2D eigenvalue weighted by Crippen LogP contribution is -2.18. The summed E-state index contributed by atoms with van der Waals surface area (Å²) < 4.78 is 15.5. The monoisotopic (exact) mass is 407 g/mol. The van der Waals surface area contributed by atoms with E-state index in [2.05, 4.69) is 27.2 Å². The van der Waals surface area contributed by atoms with Gasteiger partial charge in [-0.2, -0.15) is 0 Å².